The molecule has 1 atom stereocenters. The predicted molar refractivity (Wildman–Crippen MR) is 108 cm³/mol. The van der Waals surface area contributed by atoms with Crippen LogP contribution in [0, 0.1) is 12.8 Å². The van der Waals surface area contributed by atoms with Gasteiger partial charge in [0, 0.05) is 37.6 Å². The molecule has 1 aromatic heterocycles. The van der Waals surface area contributed by atoms with Gasteiger partial charge in [-0.2, -0.15) is 5.10 Å². The molecule has 1 aliphatic heterocycles. The van der Waals surface area contributed by atoms with Crippen molar-refractivity contribution in [3.63, 3.8) is 0 Å². The molecule has 0 aliphatic carbocycles. The monoisotopic (exact) mass is 424 g/mol. The number of benzene rings is 1. The molecule has 1 aliphatic rings. The number of halogens is 2. The zero-order valence-electron chi connectivity index (χ0n) is 16.2. The molecular formula is C19H22Cl2N4O3. The van der Waals surface area contributed by atoms with Crippen LogP contribution >= 0.6 is 23.2 Å². The summed E-state index contributed by atoms with van der Waals surface area (Å²) in [5, 5.41) is 5.27. The number of aromatic nitrogens is 2. The maximum absolute atomic E-state index is 12.9. The predicted octanol–water partition coefficient (Wildman–Crippen LogP) is 3.06. The lowest BCUT2D eigenvalue weighted by Gasteiger charge is -2.22. The fourth-order valence-electron chi connectivity index (χ4n) is 3.46. The van der Waals surface area contributed by atoms with Crippen LogP contribution in [0.5, 0.6) is 5.75 Å². The smallest absolute Gasteiger partial charge is 0.228 e. The maximum atomic E-state index is 12.9. The Morgan fingerprint density at radius 3 is 2.71 bits per heavy atom. The number of amides is 2. The van der Waals surface area contributed by atoms with Gasteiger partial charge in [0.05, 0.1) is 31.0 Å². The third-order valence-corrected chi connectivity index (χ3v) is 5.66. The molecule has 150 valence electrons. The fourth-order valence-corrected chi connectivity index (χ4v) is 3.86. The normalized spacial score (nSPS) is 16.6. The second-order valence-corrected chi connectivity index (χ2v) is 7.69. The van der Waals surface area contributed by atoms with Crippen molar-refractivity contribution in [3.05, 3.63) is 39.6 Å². The van der Waals surface area contributed by atoms with E-state index in [2.05, 4.69) is 5.10 Å². The third kappa shape index (κ3) is 3.82. The van der Waals surface area contributed by atoms with Gasteiger partial charge in [0.15, 0.2) is 0 Å². The van der Waals surface area contributed by atoms with Gasteiger partial charge in [0.1, 0.15) is 10.9 Å². The number of carbonyl (C=O) groups excluding carboxylic acids is 2. The van der Waals surface area contributed by atoms with Crippen LogP contribution in [-0.4, -0.2) is 47.2 Å². The number of anilines is 1. The Labute approximate surface area is 173 Å². The molecule has 9 heteroatoms. The van der Waals surface area contributed by atoms with Crippen LogP contribution < -0.4 is 9.64 Å². The standard InChI is InChI=1S/C19H22Cl2N4O3/c1-11-14(18(21)24(3)22-11)10-23(2)19(27)12-7-17(26)25(9-12)15-8-13(20)5-6-16(15)28-4/h5-6,8,12H,7,9-10H2,1-4H3. The maximum Gasteiger partial charge on any atom is 0.228 e. The molecule has 7 nitrogen and oxygen atoms in total. The molecule has 3 rings (SSSR count). The lowest BCUT2D eigenvalue weighted by atomic mass is 10.1. The topological polar surface area (TPSA) is 67.7 Å². The van der Waals surface area contributed by atoms with Gasteiger partial charge < -0.3 is 14.5 Å². The summed E-state index contributed by atoms with van der Waals surface area (Å²) < 4.78 is 6.92. The van der Waals surface area contributed by atoms with Crippen molar-refractivity contribution in [1.82, 2.24) is 14.7 Å². The first kappa shape index (κ1) is 20.5. The molecular weight excluding hydrogens is 403 g/mol. The van der Waals surface area contributed by atoms with Crippen molar-refractivity contribution in [2.45, 2.75) is 19.9 Å². The van der Waals surface area contributed by atoms with Crippen molar-refractivity contribution in [2.75, 3.05) is 25.6 Å². The number of hydrogen-bond donors (Lipinski definition) is 0. The molecule has 0 spiro atoms. The quantitative estimate of drug-likeness (QED) is 0.739. The average Bonchev–Trinajstić information content (AvgIpc) is 3.15. The summed E-state index contributed by atoms with van der Waals surface area (Å²) in [5.74, 6) is -0.159. The summed E-state index contributed by atoms with van der Waals surface area (Å²) >= 11 is 12.4. The molecule has 0 N–H and O–H groups in total. The van der Waals surface area contributed by atoms with Gasteiger partial charge in [0.2, 0.25) is 11.8 Å². The number of aryl methyl sites for hydroxylation is 2. The highest BCUT2D eigenvalue weighted by molar-refractivity contribution is 6.31. The van der Waals surface area contributed by atoms with E-state index >= 15 is 0 Å². The van der Waals surface area contributed by atoms with Gasteiger partial charge in [-0.1, -0.05) is 23.2 Å². The molecule has 1 aromatic carbocycles. The van der Waals surface area contributed by atoms with Crippen molar-refractivity contribution < 1.29 is 14.3 Å². The Balaban J connectivity index is 1.76. The number of hydrogen-bond acceptors (Lipinski definition) is 4. The summed E-state index contributed by atoms with van der Waals surface area (Å²) in [4.78, 5) is 28.7. The first-order valence-corrected chi connectivity index (χ1v) is 9.55. The fraction of sp³-hybridized carbons (Fsp3) is 0.421. The molecule has 0 bridgehead atoms. The lowest BCUT2D eigenvalue weighted by Crippen LogP contribution is -2.34. The number of rotatable bonds is 5. The van der Waals surface area contributed by atoms with Crippen molar-refractivity contribution in [2.24, 2.45) is 13.0 Å². The summed E-state index contributed by atoms with van der Waals surface area (Å²) in [7, 11) is 4.99. The number of carbonyl (C=O) groups is 2. The minimum absolute atomic E-state index is 0.115. The van der Waals surface area contributed by atoms with Crippen molar-refractivity contribution >= 4 is 40.7 Å². The molecule has 1 saturated heterocycles. The Morgan fingerprint density at radius 1 is 1.39 bits per heavy atom. The van der Waals surface area contributed by atoms with Gasteiger partial charge in [-0.05, 0) is 25.1 Å². The van der Waals surface area contributed by atoms with Crippen LogP contribution in [0.15, 0.2) is 18.2 Å². The van der Waals surface area contributed by atoms with E-state index < -0.39 is 5.92 Å². The van der Waals surface area contributed by atoms with Gasteiger partial charge in [-0.3, -0.25) is 14.3 Å². The molecule has 28 heavy (non-hydrogen) atoms. The summed E-state index contributed by atoms with van der Waals surface area (Å²) in [6.45, 7) is 2.47. The van der Waals surface area contributed by atoms with E-state index in [0.717, 1.165) is 11.3 Å². The Bertz CT molecular complexity index is 928. The van der Waals surface area contributed by atoms with Crippen LogP contribution in [0.1, 0.15) is 17.7 Å². The number of nitrogens with zero attached hydrogens (tertiary/aromatic N) is 4. The van der Waals surface area contributed by atoms with Gasteiger partial charge in [0.25, 0.3) is 0 Å². The lowest BCUT2D eigenvalue weighted by molar-refractivity contribution is -0.135. The van der Waals surface area contributed by atoms with Crippen LogP contribution in [0.2, 0.25) is 10.2 Å². The first-order chi connectivity index (χ1) is 13.2. The van der Waals surface area contributed by atoms with E-state index in [-0.39, 0.29) is 24.8 Å². The highest BCUT2D eigenvalue weighted by Crippen LogP contribution is 2.35. The van der Waals surface area contributed by atoms with Gasteiger partial charge in [-0.15, -0.1) is 0 Å². The average molecular weight is 425 g/mol. The van der Waals surface area contributed by atoms with Crippen LogP contribution in [0.3, 0.4) is 0 Å². The molecule has 0 radical (unpaired) electrons. The largest absolute Gasteiger partial charge is 0.495 e. The minimum atomic E-state index is -0.447. The van der Waals surface area contributed by atoms with Crippen molar-refractivity contribution in [1.29, 1.82) is 0 Å². The highest BCUT2D eigenvalue weighted by Gasteiger charge is 2.37. The number of methoxy groups -OCH3 is 1. The Kier molecular flexibility index (Phi) is 5.86. The summed E-state index contributed by atoms with van der Waals surface area (Å²) in [5.41, 5.74) is 2.15. The van der Waals surface area contributed by atoms with E-state index in [1.165, 1.54) is 7.11 Å². The van der Waals surface area contributed by atoms with Gasteiger partial charge >= 0.3 is 0 Å². The van der Waals surface area contributed by atoms with Crippen LogP contribution in [0.4, 0.5) is 5.69 Å². The summed E-state index contributed by atoms with van der Waals surface area (Å²) in [6, 6.07) is 5.08. The van der Waals surface area contributed by atoms with E-state index in [1.54, 1.807) is 46.8 Å². The molecule has 2 amide bonds. The van der Waals surface area contributed by atoms with E-state index in [0.29, 0.717) is 28.2 Å². The van der Waals surface area contributed by atoms with Crippen LogP contribution in [-0.2, 0) is 23.2 Å². The zero-order chi connectivity index (χ0) is 20.6. The minimum Gasteiger partial charge on any atom is -0.495 e. The molecule has 2 heterocycles. The number of ether oxygens (including phenoxy) is 1. The molecule has 1 unspecified atom stereocenters. The van der Waals surface area contributed by atoms with E-state index in [4.69, 9.17) is 27.9 Å². The Hall–Kier alpha value is -2.25. The third-order valence-electron chi connectivity index (χ3n) is 4.95. The van der Waals surface area contributed by atoms with E-state index in [9.17, 15) is 9.59 Å². The first-order valence-electron chi connectivity index (χ1n) is 8.79. The highest BCUT2D eigenvalue weighted by atomic mass is 35.5. The van der Waals surface area contributed by atoms with Crippen LogP contribution in [0.25, 0.3) is 0 Å². The SMILES string of the molecule is COc1ccc(Cl)cc1N1CC(C(=O)N(C)Cc2c(C)nn(C)c2Cl)CC1=O. The summed E-state index contributed by atoms with van der Waals surface area (Å²) in [6.07, 6.45) is 0.137. The second kappa shape index (κ2) is 8.01. The Morgan fingerprint density at radius 2 is 2.11 bits per heavy atom. The second-order valence-electron chi connectivity index (χ2n) is 6.89. The zero-order valence-corrected chi connectivity index (χ0v) is 17.7. The molecule has 0 saturated carbocycles. The molecule has 1 fully saturated rings. The van der Waals surface area contributed by atoms with E-state index in [1.807, 2.05) is 6.92 Å². The van der Waals surface area contributed by atoms with Crippen molar-refractivity contribution in [3.8, 4) is 5.75 Å². The van der Waals surface area contributed by atoms with Gasteiger partial charge in [-0.25, -0.2) is 0 Å². The molecule has 2 aromatic rings.